The Bertz CT molecular complexity index is 727. The van der Waals surface area contributed by atoms with Crippen molar-refractivity contribution in [3.05, 3.63) is 35.5 Å². The van der Waals surface area contributed by atoms with E-state index in [0.29, 0.717) is 16.7 Å². The van der Waals surface area contributed by atoms with Crippen molar-refractivity contribution in [2.24, 2.45) is 0 Å². The number of aryl methyl sites for hydroxylation is 1. The summed E-state index contributed by atoms with van der Waals surface area (Å²) < 4.78 is 5.65. The molecule has 2 rings (SSSR count). The second kappa shape index (κ2) is 8.29. The van der Waals surface area contributed by atoms with Gasteiger partial charge in [0.15, 0.2) is 6.61 Å². The number of amides is 1. The first kappa shape index (κ1) is 19.2. The lowest BCUT2D eigenvalue weighted by atomic mass is 9.92. The molecule has 7 heteroatoms. The van der Waals surface area contributed by atoms with Crippen molar-refractivity contribution in [2.45, 2.75) is 44.7 Å². The number of thioether (sulfide) groups is 1. The summed E-state index contributed by atoms with van der Waals surface area (Å²) >= 11 is 1.38. The third-order valence-electron chi connectivity index (χ3n) is 3.51. The maximum Gasteiger partial charge on any atom is 0.262 e. The van der Waals surface area contributed by atoms with Gasteiger partial charge >= 0.3 is 0 Å². The van der Waals surface area contributed by atoms with Crippen LogP contribution >= 0.6 is 11.8 Å². The highest BCUT2D eigenvalue weighted by atomic mass is 32.2. The van der Waals surface area contributed by atoms with E-state index in [1.54, 1.807) is 0 Å². The largest absolute Gasteiger partial charge is 0.466 e. The van der Waals surface area contributed by atoms with Crippen LogP contribution in [0.4, 0.5) is 5.69 Å². The predicted octanol–water partition coefficient (Wildman–Crippen LogP) is 3.47. The number of benzene rings is 1. The molecule has 2 aromatic rings. The summed E-state index contributed by atoms with van der Waals surface area (Å²) in [5.41, 5.74) is 2.32. The van der Waals surface area contributed by atoms with Gasteiger partial charge in [0, 0.05) is 11.1 Å². The maximum absolute atomic E-state index is 12.2. The number of carbonyl (C=O) groups excluding carboxylic acids is 1. The Morgan fingerprint density at radius 1 is 1.20 bits per heavy atom. The average Bonchev–Trinajstić information content (AvgIpc) is 2.59. The first-order chi connectivity index (χ1) is 11.8. The molecule has 134 valence electrons. The van der Waals surface area contributed by atoms with E-state index in [0.717, 1.165) is 12.1 Å². The molecule has 1 aromatic heterocycles. The lowest BCUT2D eigenvalue weighted by Gasteiger charge is -2.19. The molecule has 0 atom stereocenters. The first-order valence-corrected chi connectivity index (χ1v) is 9.36. The monoisotopic (exact) mass is 360 g/mol. The Hall–Kier alpha value is -2.15. The van der Waals surface area contributed by atoms with E-state index in [4.69, 9.17) is 4.74 Å². The van der Waals surface area contributed by atoms with E-state index in [1.165, 1.54) is 17.3 Å². The van der Waals surface area contributed by atoms with E-state index in [2.05, 4.69) is 27.4 Å². The maximum atomic E-state index is 12.2. The third-order valence-corrected chi connectivity index (χ3v) is 4.05. The molecule has 1 amide bonds. The summed E-state index contributed by atoms with van der Waals surface area (Å²) in [6.07, 6.45) is 2.83. The Morgan fingerprint density at radius 2 is 1.88 bits per heavy atom. The van der Waals surface area contributed by atoms with Gasteiger partial charge in [-0.1, -0.05) is 51.6 Å². The molecule has 0 fully saturated rings. The minimum absolute atomic E-state index is 0.134. The van der Waals surface area contributed by atoms with Crippen LogP contribution in [-0.2, 0) is 16.6 Å². The molecular formula is C18H24N4O2S. The van der Waals surface area contributed by atoms with Crippen molar-refractivity contribution in [3.63, 3.8) is 0 Å². The van der Waals surface area contributed by atoms with E-state index in [9.17, 15) is 4.79 Å². The van der Waals surface area contributed by atoms with Crippen molar-refractivity contribution < 1.29 is 9.53 Å². The van der Waals surface area contributed by atoms with E-state index in [1.807, 2.05) is 51.3 Å². The fourth-order valence-corrected chi connectivity index (χ4v) is 2.41. The summed E-state index contributed by atoms with van der Waals surface area (Å²) in [7, 11) is 0. The van der Waals surface area contributed by atoms with Gasteiger partial charge < -0.3 is 10.1 Å². The molecule has 0 spiro atoms. The normalized spacial score (nSPS) is 11.2. The zero-order valence-electron chi connectivity index (χ0n) is 15.3. The first-order valence-electron chi connectivity index (χ1n) is 8.14. The summed E-state index contributed by atoms with van der Waals surface area (Å²) in [6, 6.07) is 7.76. The Kier molecular flexibility index (Phi) is 6.36. The number of rotatable bonds is 6. The lowest BCUT2D eigenvalue weighted by Crippen LogP contribution is -2.23. The smallest absolute Gasteiger partial charge is 0.262 e. The summed E-state index contributed by atoms with van der Waals surface area (Å²) in [6.45, 7) is 7.96. The second-order valence-electron chi connectivity index (χ2n) is 6.59. The number of ether oxygens (including phenoxy) is 1. The SMILES string of the molecule is CCc1ccc(NC(=O)COc2nc(SC)nnc2C(C)(C)C)cc1. The Labute approximate surface area is 152 Å². The molecule has 1 heterocycles. The van der Waals surface area contributed by atoms with Gasteiger partial charge in [0.1, 0.15) is 5.69 Å². The van der Waals surface area contributed by atoms with Crippen LogP contribution in [0.1, 0.15) is 39.0 Å². The minimum Gasteiger partial charge on any atom is -0.466 e. The molecule has 25 heavy (non-hydrogen) atoms. The summed E-state index contributed by atoms with van der Waals surface area (Å²) in [5.74, 6) is 0.108. The number of hydrogen-bond donors (Lipinski definition) is 1. The zero-order chi connectivity index (χ0) is 18.4. The quantitative estimate of drug-likeness (QED) is 0.795. The van der Waals surface area contributed by atoms with Gasteiger partial charge in [0.05, 0.1) is 0 Å². The Morgan fingerprint density at radius 3 is 2.44 bits per heavy atom. The van der Waals surface area contributed by atoms with Crippen LogP contribution in [0.2, 0.25) is 0 Å². The molecule has 1 N–H and O–H groups in total. The molecule has 0 aliphatic heterocycles. The molecule has 6 nitrogen and oxygen atoms in total. The predicted molar refractivity (Wildman–Crippen MR) is 100 cm³/mol. The minimum atomic E-state index is -0.279. The van der Waals surface area contributed by atoms with Crippen molar-refractivity contribution in [1.82, 2.24) is 15.2 Å². The van der Waals surface area contributed by atoms with Crippen LogP contribution in [0.15, 0.2) is 29.4 Å². The molecule has 0 aliphatic carbocycles. The standard InChI is InChI=1S/C18H24N4O2S/c1-6-12-7-9-13(10-8-12)19-14(23)11-24-16-15(18(2,3)4)21-22-17(20-16)25-5/h7-10H,6,11H2,1-5H3,(H,19,23). The number of anilines is 1. The molecule has 0 unspecified atom stereocenters. The fourth-order valence-electron chi connectivity index (χ4n) is 2.11. The molecular weight excluding hydrogens is 336 g/mol. The van der Waals surface area contributed by atoms with Gasteiger partial charge in [-0.05, 0) is 30.4 Å². The molecule has 0 saturated carbocycles. The van der Waals surface area contributed by atoms with Crippen LogP contribution < -0.4 is 10.1 Å². The molecule has 1 aromatic carbocycles. The van der Waals surface area contributed by atoms with Crippen LogP contribution in [0.25, 0.3) is 0 Å². The van der Waals surface area contributed by atoms with E-state index >= 15 is 0 Å². The van der Waals surface area contributed by atoms with Crippen molar-refractivity contribution in [3.8, 4) is 5.88 Å². The van der Waals surface area contributed by atoms with Crippen molar-refractivity contribution in [2.75, 3.05) is 18.2 Å². The van der Waals surface area contributed by atoms with Crippen LogP contribution in [-0.4, -0.2) is 34.0 Å². The topological polar surface area (TPSA) is 77.0 Å². The van der Waals surface area contributed by atoms with Crippen molar-refractivity contribution in [1.29, 1.82) is 0 Å². The van der Waals surface area contributed by atoms with Crippen LogP contribution in [0.3, 0.4) is 0 Å². The lowest BCUT2D eigenvalue weighted by molar-refractivity contribution is -0.118. The second-order valence-corrected chi connectivity index (χ2v) is 7.36. The van der Waals surface area contributed by atoms with Crippen LogP contribution in [0.5, 0.6) is 5.88 Å². The number of nitrogens with one attached hydrogen (secondary N) is 1. The number of nitrogens with zero attached hydrogens (tertiary/aromatic N) is 3. The van der Waals surface area contributed by atoms with E-state index < -0.39 is 0 Å². The molecule has 0 radical (unpaired) electrons. The fraction of sp³-hybridized carbons (Fsp3) is 0.444. The average molecular weight is 360 g/mol. The van der Waals surface area contributed by atoms with Gasteiger partial charge in [-0.25, -0.2) is 0 Å². The van der Waals surface area contributed by atoms with Gasteiger partial charge in [-0.15, -0.1) is 10.2 Å². The highest BCUT2D eigenvalue weighted by Gasteiger charge is 2.24. The highest BCUT2D eigenvalue weighted by Crippen LogP contribution is 2.28. The number of aromatic nitrogens is 3. The van der Waals surface area contributed by atoms with Gasteiger partial charge in [0.2, 0.25) is 11.0 Å². The summed E-state index contributed by atoms with van der Waals surface area (Å²) in [4.78, 5) is 16.5. The molecule has 0 bridgehead atoms. The zero-order valence-corrected chi connectivity index (χ0v) is 16.1. The molecule has 0 saturated heterocycles. The van der Waals surface area contributed by atoms with Crippen LogP contribution in [0, 0.1) is 0 Å². The Balaban J connectivity index is 2.05. The molecule has 0 aliphatic rings. The van der Waals surface area contributed by atoms with Crippen molar-refractivity contribution >= 4 is 23.4 Å². The highest BCUT2D eigenvalue weighted by molar-refractivity contribution is 7.98. The van der Waals surface area contributed by atoms with Gasteiger partial charge in [-0.3, -0.25) is 4.79 Å². The van der Waals surface area contributed by atoms with Gasteiger partial charge in [0.25, 0.3) is 5.91 Å². The number of carbonyl (C=O) groups is 1. The third kappa shape index (κ3) is 5.42. The summed E-state index contributed by atoms with van der Waals surface area (Å²) in [5, 5.41) is 11.6. The van der Waals surface area contributed by atoms with E-state index in [-0.39, 0.29) is 17.9 Å². The van der Waals surface area contributed by atoms with Gasteiger partial charge in [-0.2, -0.15) is 4.98 Å². The number of hydrogen-bond acceptors (Lipinski definition) is 6.